The Morgan fingerprint density at radius 2 is 0.968 bits per heavy atom. The second kappa shape index (κ2) is 13.9. The van der Waals surface area contributed by atoms with Gasteiger partial charge < -0.3 is 10.6 Å². The number of hydrogen-bond donors (Lipinski definition) is 2. The van der Waals surface area contributed by atoms with Crippen LogP contribution in [0.5, 0.6) is 0 Å². The van der Waals surface area contributed by atoms with Crippen molar-refractivity contribution < 1.29 is 18.4 Å². The summed E-state index contributed by atoms with van der Waals surface area (Å²) in [6.45, 7) is 1.22. The Morgan fingerprint density at radius 1 is 0.613 bits per heavy atom. The molecule has 0 aliphatic heterocycles. The summed E-state index contributed by atoms with van der Waals surface area (Å²) in [5.74, 6) is -0.938. The predicted octanol–water partition coefficient (Wildman–Crippen LogP) is 4.87. The van der Waals surface area contributed by atoms with Crippen molar-refractivity contribution in [3.8, 4) is 0 Å². The molecule has 2 aromatic carbocycles. The number of hydrogen-bond acceptors (Lipinski definition) is 2. The number of carbonyl (C=O) groups excluding carboxylic acids is 2. The Balaban J connectivity index is 1.45. The van der Waals surface area contributed by atoms with Crippen LogP contribution in [0.25, 0.3) is 12.2 Å². The Hall–Kier alpha value is -3.28. The first-order valence-corrected chi connectivity index (χ1v) is 10.5. The summed E-state index contributed by atoms with van der Waals surface area (Å²) in [6, 6.07) is 11.9. The number of halogens is 2. The molecule has 0 aliphatic carbocycles. The number of carbonyl (C=O) groups is 2. The van der Waals surface area contributed by atoms with Gasteiger partial charge in [-0.15, -0.1) is 0 Å². The Kier molecular flexibility index (Phi) is 10.7. The summed E-state index contributed by atoms with van der Waals surface area (Å²) in [5.41, 5.74) is 1.55. The van der Waals surface area contributed by atoms with Crippen molar-refractivity contribution in [2.45, 2.75) is 32.1 Å². The highest BCUT2D eigenvalue weighted by molar-refractivity contribution is 5.92. The number of nitrogens with one attached hydrogen (secondary N) is 2. The maximum atomic E-state index is 12.8. The molecule has 4 nitrogen and oxygen atoms in total. The third-order valence-corrected chi connectivity index (χ3v) is 4.55. The third kappa shape index (κ3) is 10.9. The quantitative estimate of drug-likeness (QED) is 0.376. The Morgan fingerprint density at radius 3 is 1.35 bits per heavy atom. The average molecular weight is 427 g/mol. The summed E-state index contributed by atoms with van der Waals surface area (Å²) in [4.78, 5) is 23.5. The lowest BCUT2D eigenvalue weighted by molar-refractivity contribution is -0.117. The fourth-order valence-electron chi connectivity index (χ4n) is 2.81. The molecule has 0 saturated carbocycles. The molecule has 0 fully saturated rings. The molecule has 2 aromatic rings. The van der Waals surface area contributed by atoms with Gasteiger partial charge in [-0.2, -0.15) is 0 Å². The van der Waals surface area contributed by atoms with Crippen molar-refractivity contribution in [3.63, 3.8) is 0 Å². The minimum atomic E-state index is -0.303. The molecule has 0 saturated heterocycles. The number of rotatable bonds is 12. The predicted molar refractivity (Wildman–Crippen MR) is 120 cm³/mol. The van der Waals surface area contributed by atoms with Gasteiger partial charge in [-0.3, -0.25) is 9.59 Å². The summed E-state index contributed by atoms with van der Waals surface area (Å²) >= 11 is 0. The van der Waals surface area contributed by atoms with Gasteiger partial charge in [0, 0.05) is 25.2 Å². The molecule has 6 heteroatoms. The van der Waals surface area contributed by atoms with E-state index < -0.39 is 0 Å². The molecule has 0 atom stereocenters. The highest BCUT2D eigenvalue weighted by atomic mass is 19.1. The van der Waals surface area contributed by atoms with Gasteiger partial charge in [0.15, 0.2) is 0 Å². The Labute approximate surface area is 182 Å². The smallest absolute Gasteiger partial charge is 0.243 e. The zero-order chi connectivity index (χ0) is 22.3. The van der Waals surface area contributed by atoms with Crippen LogP contribution in [0, 0.1) is 11.6 Å². The highest BCUT2D eigenvalue weighted by Crippen LogP contribution is 2.06. The van der Waals surface area contributed by atoms with E-state index >= 15 is 0 Å². The second-order valence-electron chi connectivity index (χ2n) is 7.12. The largest absolute Gasteiger partial charge is 0.353 e. The molecule has 2 rings (SSSR count). The monoisotopic (exact) mass is 426 g/mol. The first-order valence-electron chi connectivity index (χ1n) is 10.5. The number of amides is 2. The second-order valence-corrected chi connectivity index (χ2v) is 7.12. The molecule has 0 spiro atoms. The van der Waals surface area contributed by atoms with E-state index in [1.165, 1.54) is 36.4 Å². The van der Waals surface area contributed by atoms with Crippen molar-refractivity contribution in [3.05, 3.63) is 83.4 Å². The zero-order valence-electron chi connectivity index (χ0n) is 17.5. The van der Waals surface area contributed by atoms with Gasteiger partial charge in [0.05, 0.1) is 0 Å². The van der Waals surface area contributed by atoms with Crippen LogP contribution < -0.4 is 10.6 Å². The van der Waals surface area contributed by atoms with E-state index in [1.807, 2.05) is 0 Å². The fraction of sp³-hybridized carbons (Fsp3) is 0.280. The molecule has 31 heavy (non-hydrogen) atoms. The van der Waals surface area contributed by atoms with E-state index in [0.717, 1.165) is 43.2 Å². The average Bonchev–Trinajstić information content (AvgIpc) is 2.77. The standard InChI is InChI=1S/C25H28F2N2O2/c26-22-12-6-20(7-13-22)10-16-24(30)28-18-4-2-1-3-5-19-29-25(31)17-11-21-8-14-23(27)15-9-21/h6-17H,1-5,18-19H2,(H,28,30)(H,29,31). The van der Waals surface area contributed by atoms with E-state index in [4.69, 9.17) is 0 Å². The van der Waals surface area contributed by atoms with Crippen LogP contribution in [0.1, 0.15) is 43.2 Å². The lowest BCUT2D eigenvalue weighted by Gasteiger charge is -2.04. The maximum absolute atomic E-state index is 12.8. The fourth-order valence-corrected chi connectivity index (χ4v) is 2.81. The van der Waals surface area contributed by atoms with Gasteiger partial charge in [-0.05, 0) is 60.4 Å². The number of unbranched alkanes of at least 4 members (excludes halogenated alkanes) is 4. The van der Waals surface area contributed by atoms with Gasteiger partial charge in [0.25, 0.3) is 0 Å². The summed E-state index contributed by atoms with van der Waals surface area (Å²) in [6.07, 6.45) is 11.0. The molecule has 0 aliphatic rings. The minimum absolute atomic E-state index is 0.166. The SMILES string of the molecule is O=C(C=Cc1ccc(F)cc1)NCCCCCCCNC(=O)C=Cc1ccc(F)cc1. The van der Waals surface area contributed by atoms with E-state index in [-0.39, 0.29) is 23.4 Å². The van der Waals surface area contributed by atoms with Crippen LogP contribution in [-0.2, 0) is 9.59 Å². The Bertz CT molecular complexity index is 802. The topological polar surface area (TPSA) is 58.2 Å². The van der Waals surface area contributed by atoms with Crippen molar-refractivity contribution in [1.29, 1.82) is 0 Å². The van der Waals surface area contributed by atoms with Crippen LogP contribution >= 0.6 is 0 Å². The summed E-state index contributed by atoms with van der Waals surface area (Å²) in [7, 11) is 0. The molecule has 0 radical (unpaired) electrons. The molecule has 0 heterocycles. The van der Waals surface area contributed by atoms with Gasteiger partial charge in [0.1, 0.15) is 11.6 Å². The number of benzene rings is 2. The van der Waals surface area contributed by atoms with Crippen LogP contribution in [0.4, 0.5) is 8.78 Å². The molecule has 0 aromatic heterocycles. The van der Waals surface area contributed by atoms with Crippen LogP contribution in [-0.4, -0.2) is 24.9 Å². The van der Waals surface area contributed by atoms with Gasteiger partial charge in [0.2, 0.25) is 11.8 Å². The van der Waals surface area contributed by atoms with E-state index in [9.17, 15) is 18.4 Å². The summed E-state index contributed by atoms with van der Waals surface area (Å²) in [5, 5.41) is 5.65. The molecule has 0 unspecified atom stereocenters. The zero-order valence-corrected chi connectivity index (χ0v) is 17.5. The molecular formula is C25H28F2N2O2. The van der Waals surface area contributed by atoms with Gasteiger partial charge in [-0.1, -0.05) is 43.5 Å². The molecular weight excluding hydrogens is 398 g/mol. The molecule has 0 bridgehead atoms. The third-order valence-electron chi connectivity index (χ3n) is 4.55. The van der Waals surface area contributed by atoms with Crippen molar-refractivity contribution in [2.24, 2.45) is 0 Å². The van der Waals surface area contributed by atoms with Crippen molar-refractivity contribution in [1.82, 2.24) is 10.6 Å². The van der Waals surface area contributed by atoms with Crippen LogP contribution in [0.15, 0.2) is 60.7 Å². The minimum Gasteiger partial charge on any atom is -0.353 e. The van der Waals surface area contributed by atoms with E-state index in [1.54, 1.807) is 36.4 Å². The lowest BCUT2D eigenvalue weighted by atomic mass is 10.1. The van der Waals surface area contributed by atoms with Gasteiger partial charge >= 0.3 is 0 Å². The highest BCUT2D eigenvalue weighted by Gasteiger charge is 1.98. The summed E-state index contributed by atoms with van der Waals surface area (Å²) < 4.78 is 25.6. The van der Waals surface area contributed by atoms with Crippen molar-refractivity contribution >= 4 is 24.0 Å². The van der Waals surface area contributed by atoms with Gasteiger partial charge in [-0.25, -0.2) is 8.78 Å². The first kappa shape index (κ1) is 24.0. The molecule has 2 amide bonds. The van der Waals surface area contributed by atoms with E-state index in [0.29, 0.717) is 13.1 Å². The lowest BCUT2D eigenvalue weighted by Crippen LogP contribution is -2.22. The molecule has 2 N–H and O–H groups in total. The van der Waals surface area contributed by atoms with E-state index in [2.05, 4.69) is 10.6 Å². The van der Waals surface area contributed by atoms with Crippen LogP contribution in [0.3, 0.4) is 0 Å². The normalized spacial score (nSPS) is 11.2. The first-order chi connectivity index (χ1) is 15.0. The van der Waals surface area contributed by atoms with Crippen LogP contribution in [0.2, 0.25) is 0 Å². The van der Waals surface area contributed by atoms with Crippen molar-refractivity contribution in [2.75, 3.05) is 13.1 Å². The maximum Gasteiger partial charge on any atom is 0.243 e. The molecule has 164 valence electrons.